The summed E-state index contributed by atoms with van der Waals surface area (Å²) in [5.41, 5.74) is 5.93. The van der Waals surface area contributed by atoms with Crippen molar-refractivity contribution in [2.75, 3.05) is 5.32 Å². The molecule has 0 saturated heterocycles. The number of nitrogens with one attached hydrogen (secondary N) is 1. The number of primary amides is 1. The van der Waals surface area contributed by atoms with Gasteiger partial charge in [0.2, 0.25) is 11.8 Å². The number of rotatable bonds is 6. The third kappa shape index (κ3) is 3.74. The molecular formula is C16H17FN4O2. The summed E-state index contributed by atoms with van der Waals surface area (Å²) >= 11 is 0. The molecule has 2 atom stereocenters. The van der Waals surface area contributed by atoms with Crippen LogP contribution in [0.1, 0.15) is 24.3 Å². The molecule has 2 unspecified atom stereocenters. The van der Waals surface area contributed by atoms with E-state index < -0.39 is 5.91 Å². The molecule has 7 heteroatoms. The number of nitrogens with zero attached hydrogens (tertiary/aromatic N) is 2. The van der Waals surface area contributed by atoms with E-state index in [4.69, 9.17) is 5.73 Å². The Balaban J connectivity index is 1.55. The first-order valence-electron chi connectivity index (χ1n) is 7.41. The van der Waals surface area contributed by atoms with Gasteiger partial charge in [-0.2, -0.15) is 5.10 Å². The van der Waals surface area contributed by atoms with Crippen LogP contribution in [0.15, 0.2) is 36.5 Å². The van der Waals surface area contributed by atoms with Crippen LogP contribution >= 0.6 is 0 Å². The van der Waals surface area contributed by atoms with Gasteiger partial charge >= 0.3 is 0 Å². The Morgan fingerprint density at radius 3 is 2.96 bits per heavy atom. The summed E-state index contributed by atoms with van der Waals surface area (Å²) in [5, 5.41) is 6.91. The van der Waals surface area contributed by atoms with Crippen molar-refractivity contribution in [3.8, 4) is 0 Å². The van der Waals surface area contributed by atoms with Gasteiger partial charge in [-0.05, 0) is 30.0 Å². The number of anilines is 1. The molecule has 1 aliphatic rings. The molecule has 6 nitrogen and oxygen atoms in total. The van der Waals surface area contributed by atoms with Crippen LogP contribution in [-0.4, -0.2) is 21.6 Å². The lowest BCUT2D eigenvalue weighted by molar-refractivity contribution is -0.118. The van der Waals surface area contributed by atoms with Crippen molar-refractivity contribution < 1.29 is 14.0 Å². The van der Waals surface area contributed by atoms with Crippen molar-refractivity contribution in [1.82, 2.24) is 9.78 Å². The molecule has 1 saturated carbocycles. The quantitative estimate of drug-likeness (QED) is 0.849. The number of halogens is 1. The minimum Gasteiger partial charge on any atom is -0.370 e. The van der Waals surface area contributed by atoms with E-state index in [0.717, 1.165) is 5.56 Å². The number of hydrogen-bond donors (Lipinski definition) is 2. The van der Waals surface area contributed by atoms with Crippen LogP contribution in [0.5, 0.6) is 0 Å². The number of benzene rings is 1. The van der Waals surface area contributed by atoms with Crippen LogP contribution in [0.3, 0.4) is 0 Å². The summed E-state index contributed by atoms with van der Waals surface area (Å²) in [6.07, 6.45) is 2.58. The summed E-state index contributed by atoms with van der Waals surface area (Å²) in [6, 6.07) is 8.01. The number of aryl methyl sites for hydroxylation is 1. The van der Waals surface area contributed by atoms with Crippen molar-refractivity contribution in [2.45, 2.75) is 25.3 Å². The fourth-order valence-electron chi connectivity index (χ4n) is 2.59. The van der Waals surface area contributed by atoms with Gasteiger partial charge in [-0.1, -0.05) is 12.1 Å². The van der Waals surface area contributed by atoms with Crippen LogP contribution in [0.25, 0.3) is 0 Å². The topological polar surface area (TPSA) is 90.0 Å². The molecule has 1 fully saturated rings. The lowest BCUT2D eigenvalue weighted by Crippen LogP contribution is -2.16. The molecule has 0 radical (unpaired) electrons. The molecule has 3 rings (SSSR count). The number of carbonyl (C=O) groups excluding carboxylic acids is 2. The van der Waals surface area contributed by atoms with Gasteiger partial charge in [-0.15, -0.1) is 0 Å². The van der Waals surface area contributed by atoms with E-state index in [1.807, 2.05) is 6.07 Å². The Hall–Kier alpha value is -2.70. The monoisotopic (exact) mass is 316 g/mol. The zero-order valence-corrected chi connectivity index (χ0v) is 12.4. The van der Waals surface area contributed by atoms with Crippen LogP contribution in [0.2, 0.25) is 0 Å². The van der Waals surface area contributed by atoms with Gasteiger partial charge in [-0.3, -0.25) is 14.3 Å². The maximum absolute atomic E-state index is 13.2. The smallest absolute Gasteiger partial charge is 0.229 e. The van der Waals surface area contributed by atoms with Crippen molar-refractivity contribution >= 4 is 17.6 Å². The molecule has 2 aromatic rings. The highest BCUT2D eigenvalue weighted by atomic mass is 19.1. The Morgan fingerprint density at radius 1 is 1.39 bits per heavy atom. The second kappa shape index (κ2) is 6.20. The van der Waals surface area contributed by atoms with E-state index in [1.165, 1.54) is 12.1 Å². The molecule has 0 spiro atoms. The van der Waals surface area contributed by atoms with Gasteiger partial charge in [0.05, 0.1) is 0 Å². The Labute approximate surface area is 132 Å². The summed E-state index contributed by atoms with van der Waals surface area (Å²) in [6.45, 7) is 0.376. The van der Waals surface area contributed by atoms with Gasteiger partial charge in [0.25, 0.3) is 0 Å². The largest absolute Gasteiger partial charge is 0.370 e. The van der Waals surface area contributed by atoms with E-state index in [2.05, 4.69) is 10.4 Å². The molecule has 1 aromatic carbocycles. The van der Waals surface area contributed by atoms with E-state index in [-0.39, 0.29) is 30.0 Å². The highest BCUT2D eigenvalue weighted by Gasteiger charge is 2.44. The minimum atomic E-state index is -0.401. The number of hydrogen-bond acceptors (Lipinski definition) is 3. The Kier molecular flexibility index (Phi) is 4.10. The van der Waals surface area contributed by atoms with Crippen LogP contribution in [-0.2, 0) is 16.1 Å². The normalized spacial score (nSPS) is 19.3. The molecule has 0 aliphatic heterocycles. The molecule has 3 N–H and O–H groups in total. The zero-order valence-electron chi connectivity index (χ0n) is 12.4. The van der Waals surface area contributed by atoms with E-state index in [9.17, 15) is 14.0 Å². The lowest BCUT2D eigenvalue weighted by Gasteiger charge is -2.03. The third-order valence-corrected chi connectivity index (χ3v) is 3.88. The first-order chi connectivity index (χ1) is 11.0. The Morgan fingerprint density at radius 2 is 2.22 bits per heavy atom. The maximum Gasteiger partial charge on any atom is 0.229 e. The van der Waals surface area contributed by atoms with Crippen molar-refractivity contribution in [2.24, 2.45) is 11.7 Å². The van der Waals surface area contributed by atoms with Crippen LogP contribution in [0, 0.1) is 11.7 Å². The first-order valence-corrected chi connectivity index (χ1v) is 7.41. The number of amides is 2. The number of carbonyl (C=O) groups is 2. The standard InChI is InChI=1S/C16H17FN4O2/c17-11-3-1-2-10(8-11)12-9-13(12)16(23)19-15-5-7-21(20-15)6-4-14(18)22/h1-3,5,7-8,12-13H,4,6,9H2,(H2,18,22)(H,19,20,23). The third-order valence-electron chi connectivity index (χ3n) is 3.88. The van der Waals surface area contributed by atoms with Gasteiger partial charge in [0, 0.05) is 31.1 Å². The second-order valence-corrected chi connectivity index (χ2v) is 5.67. The summed E-state index contributed by atoms with van der Waals surface area (Å²) in [7, 11) is 0. The second-order valence-electron chi connectivity index (χ2n) is 5.67. The Bertz CT molecular complexity index is 743. The summed E-state index contributed by atoms with van der Waals surface area (Å²) in [5.74, 6) is -0.484. The van der Waals surface area contributed by atoms with Gasteiger partial charge in [-0.25, -0.2) is 4.39 Å². The van der Waals surface area contributed by atoms with E-state index >= 15 is 0 Å². The zero-order chi connectivity index (χ0) is 16.4. The fourth-order valence-corrected chi connectivity index (χ4v) is 2.59. The highest BCUT2D eigenvalue weighted by Crippen LogP contribution is 2.48. The van der Waals surface area contributed by atoms with E-state index in [1.54, 1.807) is 23.0 Å². The highest BCUT2D eigenvalue weighted by molar-refractivity contribution is 5.94. The predicted octanol–water partition coefficient (Wildman–Crippen LogP) is 1.64. The summed E-state index contributed by atoms with van der Waals surface area (Å²) < 4.78 is 14.8. The fraction of sp³-hybridized carbons (Fsp3) is 0.312. The number of aromatic nitrogens is 2. The molecule has 23 heavy (non-hydrogen) atoms. The molecular weight excluding hydrogens is 299 g/mol. The molecule has 2 amide bonds. The maximum atomic E-state index is 13.2. The molecule has 1 aromatic heterocycles. The van der Waals surface area contributed by atoms with Crippen LogP contribution < -0.4 is 11.1 Å². The SMILES string of the molecule is NC(=O)CCn1ccc(NC(=O)C2CC2c2cccc(F)c2)n1. The van der Waals surface area contributed by atoms with Gasteiger partial charge in [0.15, 0.2) is 5.82 Å². The molecule has 1 aliphatic carbocycles. The minimum absolute atomic E-state index is 0.0580. The average Bonchev–Trinajstić information content (AvgIpc) is 3.19. The first kappa shape index (κ1) is 15.2. The van der Waals surface area contributed by atoms with Crippen LogP contribution in [0.4, 0.5) is 10.2 Å². The van der Waals surface area contributed by atoms with E-state index in [0.29, 0.717) is 18.8 Å². The van der Waals surface area contributed by atoms with Crippen molar-refractivity contribution in [3.05, 3.63) is 47.9 Å². The van der Waals surface area contributed by atoms with Crippen molar-refractivity contribution in [3.63, 3.8) is 0 Å². The average molecular weight is 316 g/mol. The molecule has 120 valence electrons. The van der Waals surface area contributed by atoms with Gasteiger partial charge in [0.1, 0.15) is 5.82 Å². The predicted molar refractivity (Wildman–Crippen MR) is 81.9 cm³/mol. The van der Waals surface area contributed by atoms with Crippen molar-refractivity contribution in [1.29, 1.82) is 0 Å². The molecule has 0 bridgehead atoms. The van der Waals surface area contributed by atoms with Gasteiger partial charge < -0.3 is 11.1 Å². The number of nitrogens with two attached hydrogens (primary N) is 1. The molecule has 1 heterocycles. The summed E-state index contributed by atoms with van der Waals surface area (Å²) in [4.78, 5) is 22.9. The lowest BCUT2D eigenvalue weighted by atomic mass is 10.1.